The third-order valence-corrected chi connectivity index (χ3v) is 7.02. The average Bonchev–Trinajstić information content (AvgIpc) is 2.80. The molecular formula is C27H31FO4. The minimum absolute atomic E-state index is 0.0116. The Morgan fingerprint density at radius 2 is 1.47 bits per heavy atom. The maximum Gasteiger partial charge on any atom is 0.343 e. The van der Waals surface area contributed by atoms with Gasteiger partial charge in [-0.05, 0) is 98.4 Å². The van der Waals surface area contributed by atoms with Crippen molar-refractivity contribution in [3.63, 3.8) is 0 Å². The van der Waals surface area contributed by atoms with Crippen molar-refractivity contribution in [2.45, 2.75) is 64.4 Å². The van der Waals surface area contributed by atoms with Gasteiger partial charge in [0.15, 0.2) is 0 Å². The van der Waals surface area contributed by atoms with Crippen LogP contribution in [0.1, 0.15) is 79.0 Å². The topological polar surface area (TPSA) is 52.6 Å². The molecule has 2 aliphatic carbocycles. The fraction of sp³-hybridized carbons (Fsp3) is 0.481. The van der Waals surface area contributed by atoms with E-state index in [-0.39, 0.29) is 17.6 Å². The molecule has 2 aromatic carbocycles. The second-order valence-electron chi connectivity index (χ2n) is 9.25. The molecule has 2 saturated carbocycles. The lowest BCUT2D eigenvalue weighted by Crippen LogP contribution is -2.35. The van der Waals surface area contributed by atoms with Gasteiger partial charge in [-0.25, -0.2) is 14.0 Å². The smallest absolute Gasteiger partial charge is 0.343 e. The summed E-state index contributed by atoms with van der Waals surface area (Å²) in [5, 5.41) is 0. The van der Waals surface area contributed by atoms with E-state index in [2.05, 4.69) is 6.92 Å². The third kappa shape index (κ3) is 5.56. The molecule has 0 radical (unpaired) electrons. The minimum atomic E-state index is -0.578. The Morgan fingerprint density at radius 1 is 0.844 bits per heavy atom. The summed E-state index contributed by atoms with van der Waals surface area (Å²) >= 11 is 0. The molecule has 0 heterocycles. The predicted octanol–water partition coefficient (Wildman–Crippen LogP) is 6.59. The van der Waals surface area contributed by atoms with Crippen molar-refractivity contribution in [3.8, 4) is 5.75 Å². The van der Waals surface area contributed by atoms with Crippen molar-refractivity contribution in [1.29, 1.82) is 0 Å². The first-order chi connectivity index (χ1) is 15.5. The molecule has 0 unspecified atom stereocenters. The van der Waals surface area contributed by atoms with E-state index in [4.69, 9.17) is 9.47 Å². The second-order valence-corrected chi connectivity index (χ2v) is 9.25. The number of hydrogen-bond acceptors (Lipinski definition) is 4. The molecule has 2 fully saturated rings. The number of ether oxygens (including phenoxy) is 2. The summed E-state index contributed by atoms with van der Waals surface area (Å²) in [6.45, 7) is 2.27. The SMILES string of the molecule is CCC[C@@H]1CC[C@@H]2C[C@H](OC(=O)c3ccc(OC(=O)c4ccc(F)cc4)cc3)CC[C@@H]2C1. The number of carbonyl (C=O) groups excluding carboxylic acids is 2. The molecule has 0 N–H and O–H groups in total. The number of carbonyl (C=O) groups is 2. The van der Waals surface area contributed by atoms with E-state index in [1.807, 2.05) is 0 Å². The molecule has 0 bridgehead atoms. The van der Waals surface area contributed by atoms with Crippen LogP contribution in [0.15, 0.2) is 48.5 Å². The van der Waals surface area contributed by atoms with Crippen LogP contribution < -0.4 is 4.74 Å². The number of esters is 2. The van der Waals surface area contributed by atoms with Gasteiger partial charge in [0.2, 0.25) is 0 Å². The summed E-state index contributed by atoms with van der Waals surface area (Å²) in [6.07, 6.45) is 9.59. The van der Waals surface area contributed by atoms with Gasteiger partial charge in [-0.15, -0.1) is 0 Å². The Labute approximate surface area is 189 Å². The maximum atomic E-state index is 13.0. The number of benzene rings is 2. The molecular weight excluding hydrogens is 407 g/mol. The Bertz CT molecular complexity index is 922. The summed E-state index contributed by atoms with van der Waals surface area (Å²) in [7, 11) is 0. The molecule has 0 aliphatic heterocycles. The van der Waals surface area contributed by atoms with Gasteiger partial charge in [0.25, 0.3) is 0 Å². The van der Waals surface area contributed by atoms with Gasteiger partial charge >= 0.3 is 11.9 Å². The van der Waals surface area contributed by atoms with Gasteiger partial charge < -0.3 is 9.47 Å². The van der Waals surface area contributed by atoms with E-state index in [0.29, 0.717) is 17.2 Å². The Morgan fingerprint density at radius 3 is 2.19 bits per heavy atom. The fourth-order valence-corrected chi connectivity index (χ4v) is 5.35. The van der Waals surface area contributed by atoms with Gasteiger partial charge in [-0.1, -0.05) is 26.2 Å². The predicted molar refractivity (Wildman–Crippen MR) is 120 cm³/mol. The maximum absolute atomic E-state index is 13.0. The van der Waals surface area contributed by atoms with Crippen LogP contribution in [0.4, 0.5) is 4.39 Å². The molecule has 0 amide bonds. The number of hydrogen-bond donors (Lipinski definition) is 0. The summed E-state index contributed by atoms with van der Waals surface area (Å²) < 4.78 is 24.1. The molecule has 2 aromatic rings. The van der Waals surface area contributed by atoms with Crippen LogP contribution in [0.2, 0.25) is 0 Å². The monoisotopic (exact) mass is 438 g/mol. The van der Waals surface area contributed by atoms with Crippen molar-refractivity contribution in [1.82, 2.24) is 0 Å². The summed E-state index contributed by atoms with van der Waals surface area (Å²) in [5.74, 6) is 1.36. The molecule has 0 aromatic heterocycles. The van der Waals surface area contributed by atoms with Crippen molar-refractivity contribution < 1.29 is 23.5 Å². The molecule has 0 spiro atoms. The van der Waals surface area contributed by atoms with Crippen LogP contribution in [0, 0.1) is 23.6 Å². The van der Waals surface area contributed by atoms with Crippen LogP contribution in [0.5, 0.6) is 5.75 Å². The highest BCUT2D eigenvalue weighted by molar-refractivity contribution is 5.92. The van der Waals surface area contributed by atoms with Crippen LogP contribution >= 0.6 is 0 Å². The zero-order chi connectivity index (χ0) is 22.5. The summed E-state index contributed by atoms with van der Waals surface area (Å²) in [6, 6.07) is 11.5. The van der Waals surface area contributed by atoms with Crippen molar-refractivity contribution >= 4 is 11.9 Å². The van der Waals surface area contributed by atoms with Gasteiger partial charge in [0.1, 0.15) is 17.7 Å². The number of halogens is 1. The Balaban J connectivity index is 1.28. The molecule has 32 heavy (non-hydrogen) atoms. The van der Waals surface area contributed by atoms with Crippen LogP contribution in [0.3, 0.4) is 0 Å². The van der Waals surface area contributed by atoms with E-state index >= 15 is 0 Å². The summed E-state index contributed by atoms with van der Waals surface area (Å²) in [5.41, 5.74) is 0.703. The minimum Gasteiger partial charge on any atom is -0.459 e. The van der Waals surface area contributed by atoms with Gasteiger partial charge in [0.05, 0.1) is 11.1 Å². The molecule has 4 rings (SSSR count). The molecule has 4 atom stereocenters. The van der Waals surface area contributed by atoms with E-state index in [0.717, 1.165) is 31.1 Å². The normalized spacial score (nSPS) is 24.9. The first-order valence-electron chi connectivity index (χ1n) is 11.8. The molecule has 4 nitrogen and oxygen atoms in total. The largest absolute Gasteiger partial charge is 0.459 e. The zero-order valence-electron chi connectivity index (χ0n) is 18.6. The van der Waals surface area contributed by atoms with Crippen LogP contribution in [0.25, 0.3) is 0 Å². The fourth-order valence-electron chi connectivity index (χ4n) is 5.35. The second kappa shape index (κ2) is 10.3. The Hall–Kier alpha value is -2.69. The molecule has 2 aliphatic rings. The average molecular weight is 439 g/mol. The lowest BCUT2D eigenvalue weighted by atomic mass is 9.66. The van der Waals surface area contributed by atoms with E-state index in [9.17, 15) is 14.0 Å². The first-order valence-corrected chi connectivity index (χ1v) is 11.8. The van der Waals surface area contributed by atoms with Crippen molar-refractivity contribution in [2.75, 3.05) is 0 Å². The molecule has 170 valence electrons. The number of fused-ring (bicyclic) bond motifs is 1. The van der Waals surface area contributed by atoms with E-state index in [1.54, 1.807) is 24.3 Å². The highest BCUT2D eigenvalue weighted by atomic mass is 19.1. The van der Waals surface area contributed by atoms with Gasteiger partial charge in [-0.2, -0.15) is 0 Å². The van der Waals surface area contributed by atoms with Crippen LogP contribution in [-0.4, -0.2) is 18.0 Å². The number of rotatable bonds is 6. The Kier molecular flexibility index (Phi) is 7.23. The lowest BCUT2D eigenvalue weighted by Gasteiger charge is -2.41. The highest BCUT2D eigenvalue weighted by Crippen LogP contribution is 2.44. The van der Waals surface area contributed by atoms with Crippen molar-refractivity contribution in [3.05, 3.63) is 65.5 Å². The first kappa shape index (κ1) is 22.5. The van der Waals surface area contributed by atoms with E-state index < -0.39 is 11.8 Å². The van der Waals surface area contributed by atoms with Gasteiger partial charge in [0, 0.05) is 0 Å². The van der Waals surface area contributed by atoms with Crippen molar-refractivity contribution in [2.24, 2.45) is 17.8 Å². The highest BCUT2D eigenvalue weighted by Gasteiger charge is 2.36. The van der Waals surface area contributed by atoms with E-state index in [1.165, 1.54) is 56.4 Å². The lowest BCUT2D eigenvalue weighted by molar-refractivity contribution is -0.00620. The quantitative estimate of drug-likeness (QED) is 0.377. The molecule has 0 saturated heterocycles. The standard InChI is InChI=1S/C27H31FO4/c1-2-3-18-4-5-22-17-25(15-10-21(22)16-18)32-27(30)20-8-13-24(14-9-20)31-26(29)19-6-11-23(28)12-7-19/h6-9,11-14,18,21-22,25H,2-5,10,15-17H2,1H3/t18-,21-,22-,25-/m1/s1. The third-order valence-electron chi connectivity index (χ3n) is 7.02. The zero-order valence-corrected chi connectivity index (χ0v) is 18.6. The van der Waals surface area contributed by atoms with Crippen LogP contribution in [-0.2, 0) is 4.74 Å². The van der Waals surface area contributed by atoms with Gasteiger partial charge in [-0.3, -0.25) is 0 Å². The molecule has 5 heteroatoms. The summed E-state index contributed by atoms with van der Waals surface area (Å²) in [4.78, 5) is 24.8.